The van der Waals surface area contributed by atoms with Crippen LogP contribution in [0, 0.1) is 11.6 Å². The minimum Gasteiger partial charge on any atom is -0.375 e. The molecule has 2 aromatic carbocycles. The lowest BCUT2D eigenvalue weighted by Crippen LogP contribution is -2.39. The second-order valence-electron chi connectivity index (χ2n) is 5.43. The summed E-state index contributed by atoms with van der Waals surface area (Å²) in [5.74, 6) is -1.02. The summed E-state index contributed by atoms with van der Waals surface area (Å²) in [7, 11) is 1.66. The van der Waals surface area contributed by atoms with Crippen molar-refractivity contribution in [2.24, 2.45) is 4.99 Å². The molecule has 0 heterocycles. The number of nitrogens with one attached hydrogen (secondary N) is 2. The van der Waals surface area contributed by atoms with Gasteiger partial charge in [0, 0.05) is 20.1 Å². The zero-order chi connectivity index (χ0) is 17.9. The lowest BCUT2D eigenvalue weighted by Gasteiger charge is -2.12. The maximum Gasteiger partial charge on any atom is 0.191 e. The summed E-state index contributed by atoms with van der Waals surface area (Å²) in [5.41, 5.74) is 1.47. The zero-order valence-electron chi connectivity index (χ0n) is 14.7. The van der Waals surface area contributed by atoms with Gasteiger partial charge in [0.15, 0.2) is 17.6 Å². The molecule has 0 fully saturated rings. The number of guanidine groups is 1. The molecular weight excluding hydrogens is 451 g/mol. The fourth-order valence-electron chi connectivity index (χ4n) is 2.28. The molecule has 0 unspecified atom stereocenters. The van der Waals surface area contributed by atoms with Crippen molar-refractivity contribution in [1.29, 1.82) is 0 Å². The molecule has 0 amide bonds. The Morgan fingerprint density at radius 3 is 2.46 bits per heavy atom. The van der Waals surface area contributed by atoms with E-state index in [1.165, 1.54) is 6.07 Å². The van der Waals surface area contributed by atoms with Gasteiger partial charge in [0.2, 0.25) is 0 Å². The van der Waals surface area contributed by atoms with E-state index in [1.807, 2.05) is 30.3 Å². The molecule has 0 saturated heterocycles. The van der Waals surface area contributed by atoms with Crippen LogP contribution in [-0.2, 0) is 17.8 Å². The Balaban J connectivity index is 0.00000338. The summed E-state index contributed by atoms with van der Waals surface area (Å²) in [6.45, 7) is 2.15. The molecule has 2 rings (SSSR count). The van der Waals surface area contributed by atoms with Gasteiger partial charge in [-0.15, -0.1) is 24.0 Å². The predicted molar refractivity (Wildman–Crippen MR) is 111 cm³/mol. The molecule has 0 atom stereocenters. The minimum atomic E-state index is -0.824. The van der Waals surface area contributed by atoms with Crippen LogP contribution in [0.5, 0.6) is 0 Å². The van der Waals surface area contributed by atoms with Gasteiger partial charge in [0.1, 0.15) is 0 Å². The van der Waals surface area contributed by atoms with Crippen LogP contribution in [0.3, 0.4) is 0 Å². The summed E-state index contributed by atoms with van der Waals surface area (Å²) in [6.07, 6.45) is 0.370. The maximum atomic E-state index is 13.6. The lowest BCUT2D eigenvalue weighted by atomic mass is 10.1. The van der Waals surface area contributed by atoms with E-state index >= 15 is 0 Å². The summed E-state index contributed by atoms with van der Waals surface area (Å²) >= 11 is 0. The van der Waals surface area contributed by atoms with E-state index in [1.54, 1.807) is 13.1 Å². The molecule has 0 spiro atoms. The molecule has 0 bridgehead atoms. The number of halogens is 3. The number of hydrogen-bond acceptors (Lipinski definition) is 2. The van der Waals surface area contributed by atoms with Crippen LogP contribution >= 0.6 is 24.0 Å². The monoisotopic (exact) mass is 475 g/mol. The molecule has 0 saturated carbocycles. The van der Waals surface area contributed by atoms with Gasteiger partial charge >= 0.3 is 0 Å². The number of benzene rings is 2. The average molecular weight is 475 g/mol. The molecule has 0 aliphatic carbocycles. The number of ether oxygens (including phenoxy) is 1. The van der Waals surface area contributed by atoms with Gasteiger partial charge in [-0.1, -0.05) is 42.5 Å². The second kappa shape index (κ2) is 12.6. The molecule has 0 aliphatic heterocycles. The van der Waals surface area contributed by atoms with Crippen molar-refractivity contribution in [2.75, 3.05) is 26.7 Å². The summed E-state index contributed by atoms with van der Waals surface area (Å²) in [4.78, 5) is 4.09. The Kier molecular flexibility index (Phi) is 10.8. The molecule has 4 nitrogen and oxygen atoms in total. The van der Waals surface area contributed by atoms with Gasteiger partial charge in [0.05, 0.1) is 13.2 Å². The summed E-state index contributed by atoms with van der Waals surface area (Å²) in [5, 5.41) is 6.18. The standard InChI is InChI=1S/C19H23F2N3O.HI/c1-22-19(23-11-10-16-8-5-9-17(20)18(16)21)24-12-13-25-14-15-6-3-2-4-7-15;/h2-9H,10-14H2,1H3,(H2,22,23,24);1H. The van der Waals surface area contributed by atoms with E-state index in [2.05, 4.69) is 15.6 Å². The van der Waals surface area contributed by atoms with Gasteiger partial charge in [0.25, 0.3) is 0 Å². The van der Waals surface area contributed by atoms with Crippen molar-refractivity contribution in [3.05, 3.63) is 71.3 Å². The first-order valence-electron chi connectivity index (χ1n) is 8.20. The first-order chi connectivity index (χ1) is 12.2. The van der Waals surface area contributed by atoms with Crippen molar-refractivity contribution < 1.29 is 13.5 Å². The maximum absolute atomic E-state index is 13.6. The van der Waals surface area contributed by atoms with E-state index in [0.717, 1.165) is 11.6 Å². The second-order valence-corrected chi connectivity index (χ2v) is 5.43. The quantitative estimate of drug-likeness (QED) is 0.266. The topological polar surface area (TPSA) is 45.7 Å². The van der Waals surface area contributed by atoms with Crippen LogP contribution in [-0.4, -0.2) is 32.7 Å². The average Bonchev–Trinajstić information content (AvgIpc) is 2.64. The van der Waals surface area contributed by atoms with E-state index in [-0.39, 0.29) is 24.0 Å². The number of aliphatic imine (C=N–C) groups is 1. The largest absolute Gasteiger partial charge is 0.375 e. The van der Waals surface area contributed by atoms with Gasteiger partial charge in [-0.25, -0.2) is 8.78 Å². The molecule has 0 aliphatic rings. The molecule has 2 N–H and O–H groups in total. The lowest BCUT2D eigenvalue weighted by molar-refractivity contribution is 0.125. The zero-order valence-corrected chi connectivity index (χ0v) is 17.0. The minimum absolute atomic E-state index is 0. The van der Waals surface area contributed by atoms with Crippen molar-refractivity contribution in [1.82, 2.24) is 10.6 Å². The normalized spacial score (nSPS) is 11.0. The Hall–Kier alpha value is -1.74. The number of nitrogens with zero attached hydrogens (tertiary/aromatic N) is 1. The third kappa shape index (κ3) is 7.65. The molecule has 142 valence electrons. The molecule has 26 heavy (non-hydrogen) atoms. The van der Waals surface area contributed by atoms with Crippen molar-refractivity contribution in [3.63, 3.8) is 0 Å². The van der Waals surface area contributed by atoms with Gasteiger partial charge < -0.3 is 15.4 Å². The van der Waals surface area contributed by atoms with Crippen LogP contribution in [0.25, 0.3) is 0 Å². The van der Waals surface area contributed by atoms with Crippen molar-refractivity contribution >= 4 is 29.9 Å². The number of rotatable bonds is 8. The van der Waals surface area contributed by atoms with Crippen molar-refractivity contribution in [3.8, 4) is 0 Å². The highest BCUT2D eigenvalue weighted by Gasteiger charge is 2.07. The summed E-state index contributed by atoms with van der Waals surface area (Å²) < 4.78 is 32.3. The van der Waals surface area contributed by atoms with E-state index < -0.39 is 11.6 Å². The van der Waals surface area contributed by atoms with Crippen LogP contribution in [0.4, 0.5) is 8.78 Å². The Labute approximate surface area is 170 Å². The highest BCUT2D eigenvalue weighted by atomic mass is 127. The van der Waals surface area contributed by atoms with Crippen LogP contribution in [0.15, 0.2) is 53.5 Å². The molecule has 7 heteroatoms. The van der Waals surface area contributed by atoms with Gasteiger partial charge in [-0.3, -0.25) is 4.99 Å². The highest BCUT2D eigenvalue weighted by Crippen LogP contribution is 2.11. The predicted octanol–water partition coefficient (Wildman–Crippen LogP) is 3.51. The number of hydrogen-bond donors (Lipinski definition) is 2. The Morgan fingerprint density at radius 2 is 1.73 bits per heavy atom. The van der Waals surface area contributed by atoms with E-state index in [4.69, 9.17) is 4.74 Å². The van der Waals surface area contributed by atoms with Gasteiger partial charge in [-0.2, -0.15) is 0 Å². The molecular formula is C19H24F2IN3O. The third-order valence-electron chi connectivity index (χ3n) is 3.59. The van der Waals surface area contributed by atoms with Crippen LogP contribution < -0.4 is 10.6 Å². The van der Waals surface area contributed by atoms with E-state index in [9.17, 15) is 8.78 Å². The van der Waals surface area contributed by atoms with Crippen LogP contribution in [0.2, 0.25) is 0 Å². The smallest absolute Gasteiger partial charge is 0.191 e. The van der Waals surface area contributed by atoms with Crippen LogP contribution in [0.1, 0.15) is 11.1 Å². The SMILES string of the molecule is CN=C(NCCOCc1ccccc1)NCCc1cccc(F)c1F.I. The fraction of sp³-hybridized carbons (Fsp3) is 0.316. The highest BCUT2D eigenvalue weighted by molar-refractivity contribution is 14.0. The van der Waals surface area contributed by atoms with Crippen molar-refractivity contribution in [2.45, 2.75) is 13.0 Å². The van der Waals surface area contributed by atoms with Gasteiger partial charge in [-0.05, 0) is 23.6 Å². The Bertz CT molecular complexity index is 684. The molecule has 0 aromatic heterocycles. The summed E-state index contributed by atoms with van der Waals surface area (Å²) in [6, 6.07) is 14.1. The molecule has 2 aromatic rings. The third-order valence-corrected chi connectivity index (χ3v) is 3.59. The Morgan fingerprint density at radius 1 is 1.00 bits per heavy atom. The molecule has 0 radical (unpaired) electrons. The first-order valence-corrected chi connectivity index (χ1v) is 8.20. The first kappa shape index (κ1) is 22.3. The van der Waals surface area contributed by atoms with E-state index in [0.29, 0.717) is 44.2 Å². The fourth-order valence-corrected chi connectivity index (χ4v) is 2.28.